The van der Waals surface area contributed by atoms with E-state index in [1.165, 1.54) is 31.1 Å². The van der Waals surface area contributed by atoms with E-state index in [1.807, 2.05) is 12.1 Å². The number of nitrogens with one attached hydrogen (secondary N) is 1. The molecule has 0 radical (unpaired) electrons. The van der Waals surface area contributed by atoms with Gasteiger partial charge in [0, 0.05) is 25.8 Å². The molecule has 2 aromatic rings. The molecule has 0 aromatic carbocycles. The van der Waals surface area contributed by atoms with Crippen LogP contribution >= 0.6 is 11.3 Å². The minimum absolute atomic E-state index is 0.0153. The van der Waals surface area contributed by atoms with Gasteiger partial charge in [-0.1, -0.05) is 0 Å². The highest BCUT2D eigenvalue weighted by Gasteiger charge is 2.14. The Morgan fingerprint density at radius 1 is 1.22 bits per heavy atom. The van der Waals surface area contributed by atoms with Gasteiger partial charge in [-0.15, -0.1) is 11.3 Å². The summed E-state index contributed by atoms with van der Waals surface area (Å²) in [5.74, 6) is 0.810. The maximum absolute atomic E-state index is 12.2. The standard InChI is InChI=1S/C17H19N3O2S/c1-12(21)14-4-5-15(23-14)17(22)19-11-13-6-7-18-16(10-13)20-8-2-3-9-20/h4-7,10H,2-3,8-9,11H2,1H3,(H,19,22). The molecule has 2 aromatic heterocycles. The first kappa shape index (κ1) is 15.7. The molecule has 0 atom stereocenters. The monoisotopic (exact) mass is 329 g/mol. The summed E-state index contributed by atoms with van der Waals surface area (Å²) in [7, 11) is 0. The number of hydrogen-bond donors (Lipinski definition) is 1. The van der Waals surface area contributed by atoms with Crippen LogP contribution in [0.3, 0.4) is 0 Å². The maximum Gasteiger partial charge on any atom is 0.261 e. The van der Waals surface area contributed by atoms with Gasteiger partial charge in [-0.25, -0.2) is 4.98 Å². The molecule has 1 fully saturated rings. The molecule has 1 aliphatic rings. The number of anilines is 1. The lowest BCUT2D eigenvalue weighted by Gasteiger charge is -2.16. The molecule has 1 saturated heterocycles. The molecule has 0 unspecified atom stereocenters. The van der Waals surface area contributed by atoms with Crippen LogP contribution in [-0.2, 0) is 6.54 Å². The Morgan fingerprint density at radius 3 is 2.65 bits per heavy atom. The first-order valence-electron chi connectivity index (χ1n) is 7.72. The number of ketones is 1. The summed E-state index contributed by atoms with van der Waals surface area (Å²) < 4.78 is 0. The van der Waals surface area contributed by atoms with Crippen molar-refractivity contribution in [1.82, 2.24) is 10.3 Å². The fraction of sp³-hybridized carbons (Fsp3) is 0.353. The number of aromatic nitrogens is 1. The van der Waals surface area contributed by atoms with Crippen LogP contribution in [-0.4, -0.2) is 29.8 Å². The highest BCUT2D eigenvalue weighted by atomic mass is 32.1. The van der Waals surface area contributed by atoms with Gasteiger partial charge in [0.05, 0.1) is 9.75 Å². The number of Topliss-reactive ketones (excluding diaryl/α,β-unsaturated/α-hetero) is 1. The van der Waals surface area contributed by atoms with E-state index in [-0.39, 0.29) is 11.7 Å². The van der Waals surface area contributed by atoms with Crippen LogP contribution in [0.5, 0.6) is 0 Å². The van der Waals surface area contributed by atoms with Crippen molar-refractivity contribution in [2.24, 2.45) is 0 Å². The van der Waals surface area contributed by atoms with E-state index in [1.54, 1.807) is 18.3 Å². The van der Waals surface area contributed by atoms with Gasteiger partial charge in [-0.3, -0.25) is 9.59 Å². The largest absolute Gasteiger partial charge is 0.357 e. The molecule has 5 nitrogen and oxygen atoms in total. The van der Waals surface area contributed by atoms with Gasteiger partial charge in [0.15, 0.2) is 5.78 Å². The zero-order chi connectivity index (χ0) is 16.2. The number of carbonyl (C=O) groups is 2. The third kappa shape index (κ3) is 3.76. The Kier molecular flexibility index (Phi) is 4.71. The minimum Gasteiger partial charge on any atom is -0.357 e. The lowest BCUT2D eigenvalue weighted by atomic mass is 10.2. The lowest BCUT2D eigenvalue weighted by molar-refractivity contribution is 0.0954. The topological polar surface area (TPSA) is 62.3 Å². The van der Waals surface area contributed by atoms with Crippen LogP contribution in [0.1, 0.15) is 44.7 Å². The van der Waals surface area contributed by atoms with Crippen LogP contribution in [0.2, 0.25) is 0 Å². The van der Waals surface area contributed by atoms with Gasteiger partial charge in [0.1, 0.15) is 5.82 Å². The molecule has 0 saturated carbocycles. The summed E-state index contributed by atoms with van der Waals surface area (Å²) >= 11 is 1.23. The lowest BCUT2D eigenvalue weighted by Crippen LogP contribution is -2.23. The van der Waals surface area contributed by atoms with Crippen molar-refractivity contribution in [3.05, 3.63) is 45.8 Å². The SMILES string of the molecule is CC(=O)c1ccc(C(=O)NCc2ccnc(N3CCCC3)c2)s1. The molecular formula is C17H19N3O2S. The van der Waals surface area contributed by atoms with Crippen LogP contribution in [0, 0.1) is 0 Å². The molecule has 23 heavy (non-hydrogen) atoms. The summed E-state index contributed by atoms with van der Waals surface area (Å²) in [6.45, 7) is 4.05. The predicted octanol–water partition coefficient (Wildman–Crippen LogP) is 2.88. The molecule has 1 amide bonds. The predicted molar refractivity (Wildman–Crippen MR) is 91.2 cm³/mol. The van der Waals surface area contributed by atoms with Crippen molar-refractivity contribution in [1.29, 1.82) is 0 Å². The molecule has 120 valence electrons. The second kappa shape index (κ2) is 6.91. The van der Waals surface area contributed by atoms with Crippen molar-refractivity contribution in [2.75, 3.05) is 18.0 Å². The van der Waals surface area contributed by atoms with E-state index in [2.05, 4.69) is 15.2 Å². The smallest absolute Gasteiger partial charge is 0.261 e. The maximum atomic E-state index is 12.2. The van der Waals surface area contributed by atoms with Gasteiger partial charge < -0.3 is 10.2 Å². The first-order valence-corrected chi connectivity index (χ1v) is 8.54. The quantitative estimate of drug-likeness (QED) is 0.857. The van der Waals surface area contributed by atoms with E-state index in [0.29, 0.717) is 16.3 Å². The van der Waals surface area contributed by atoms with Gasteiger partial charge in [-0.05, 0) is 49.6 Å². The van der Waals surface area contributed by atoms with Crippen LogP contribution in [0.4, 0.5) is 5.82 Å². The Hall–Kier alpha value is -2.21. The first-order chi connectivity index (χ1) is 11.1. The zero-order valence-corrected chi connectivity index (χ0v) is 13.9. The average Bonchev–Trinajstić information content (AvgIpc) is 3.24. The van der Waals surface area contributed by atoms with Crippen LogP contribution in [0.25, 0.3) is 0 Å². The number of rotatable bonds is 5. The Balaban J connectivity index is 1.62. The molecule has 0 spiro atoms. The van der Waals surface area contributed by atoms with Crippen molar-refractivity contribution < 1.29 is 9.59 Å². The Labute approximate surface area is 139 Å². The molecule has 1 aliphatic heterocycles. The van der Waals surface area contributed by atoms with Crippen LogP contribution < -0.4 is 10.2 Å². The summed E-state index contributed by atoms with van der Waals surface area (Å²) in [6.07, 6.45) is 4.20. The van der Waals surface area contributed by atoms with Crippen molar-refractivity contribution in [3.8, 4) is 0 Å². The van der Waals surface area contributed by atoms with Crippen molar-refractivity contribution in [2.45, 2.75) is 26.3 Å². The molecule has 0 bridgehead atoms. The van der Waals surface area contributed by atoms with Gasteiger partial charge >= 0.3 is 0 Å². The summed E-state index contributed by atoms with van der Waals surface area (Å²) in [5.41, 5.74) is 1.03. The van der Waals surface area contributed by atoms with Gasteiger partial charge in [0.25, 0.3) is 5.91 Å². The average molecular weight is 329 g/mol. The number of amides is 1. The summed E-state index contributed by atoms with van der Waals surface area (Å²) in [6, 6.07) is 7.33. The third-order valence-electron chi connectivity index (χ3n) is 3.87. The second-order valence-corrected chi connectivity index (χ2v) is 6.70. The van der Waals surface area contributed by atoms with Gasteiger partial charge in [-0.2, -0.15) is 0 Å². The van der Waals surface area contributed by atoms with E-state index < -0.39 is 0 Å². The van der Waals surface area contributed by atoms with Crippen molar-refractivity contribution >= 4 is 28.8 Å². The number of hydrogen-bond acceptors (Lipinski definition) is 5. The third-order valence-corrected chi connectivity index (χ3v) is 5.05. The summed E-state index contributed by atoms with van der Waals surface area (Å²) in [5, 5.41) is 2.90. The van der Waals surface area contributed by atoms with E-state index in [0.717, 1.165) is 24.5 Å². The molecule has 6 heteroatoms. The minimum atomic E-state index is -0.151. The zero-order valence-electron chi connectivity index (χ0n) is 13.0. The molecular weight excluding hydrogens is 310 g/mol. The molecule has 3 rings (SSSR count). The normalized spacial score (nSPS) is 14.0. The number of pyridine rings is 1. The summed E-state index contributed by atoms with van der Waals surface area (Å²) in [4.78, 5) is 31.3. The highest BCUT2D eigenvalue weighted by Crippen LogP contribution is 2.19. The van der Waals surface area contributed by atoms with Crippen molar-refractivity contribution in [3.63, 3.8) is 0 Å². The molecule has 1 N–H and O–H groups in total. The molecule has 0 aliphatic carbocycles. The highest BCUT2D eigenvalue weighted by molar-refractivity contribution is 7.15. The second-order valence-electron chi connectivity index (χ2n) is 5.62. The van der Waals surface area contributed by atoms with E-state index in [9.17, 15) is 9.59 Å². The van der Waals surface area contributed by atoms with Crippen LogP contribution in [0.15, 0.2) is 30.5 Å². The van der Waals surface area contributed by atoms with E-state index in [4.69, 9.17) is 0 Å². The fourth-order valence-electron chi connectivity index (χ4n) is 2.61. The number of thiophene rings is 1. The van der Waals surface area contributed by atoms with Gasteiger partial charge in [0.2, 0.25) is 0 Å². The fourth-order valence-corrected chi connectivity index (χ4v) is 3.43. The number of carbonyl (C=O) groups excluding carboxylic acids is 2. The van der Waals surface area contributed by atoms with E-state index >= 15 is 0 Å². The number of nitrogens with zero attached hydrogens (tertiary/aromatic N) is 2. The Morgan fingerprint density at radius 2 is 1.96 bits per heavy atom. The Bertz CT molecular complexity index is 720. The molecule has 3 heterocycles.